The van der Waals surface area contributed by atoms with Crippen LogP contribution in [-0.2, 0) is 69.1 Å². The third-order valence-corrected chi connectivity index (χ3v) is 14.4. The van der Waals surface area contributed by atoms with Crippen LogP contribution in [0.1, 0.15) is 0 Å². The number of nitrogens with zero attached hydrogens (tertiary/aromatic N) is 6. The van der Waals surface area contributed by atoms with Gasteiger partial charge in [0.15, 0.2) is 19.7 Å². The van der Waals surface area contributed by atoms with Crippen molar-refractivity contribution in [2.75, 3.05) is 36.2 Å². The lowest BCUT2D eigenvalue weighted by atomic mass is 10.1. The van der Waals surface area contributed by atoms with Gasteiger partial charge < -0.3 is 11.5 Å². The summed E-state index contributed by atoms with van der Waals surface area (Å²) in [5.74, 6) is -1.65. The molecule has 8 N–H and O–H groups in total. The van der Waals surface area contributed by atoms with Gasteiger partial charge >= 0.3 is 20.8 Å². The highest BCUT2D eigenvalue weighted by Crippen LogP contribution is 2.46. The lowest BCUT2D eigenvalue weighted by molar-refractivity contribution is 0.282. The Bertz CT molecular complexity index is 3420. The Balaban J connectivity index is 1.57. The van der Waals surface area contributed by atoms with E-state index in [9.17, 15) is 59.6 Å². The Kier molecular flexibility index (Phi) is 14.4. The van der Waals surface area contributed by atoms with Crippen molar-refractivity contribution in [3.63, 3.8) is 0 Å². The van der Waals surface area contributed by atoms with E-state index >= 15 is 0 Å². The molecule has 0 heterocycles. The Morgan fingerprint density at radius 3 is 1.34 bits per heavy atom. The maximum absolute atomic E-state index is 12.6. The van der Waals surface area contributed by atoms with Gasteiger partial charge in [-0.3, -0.25) is 18.2 Å². The number of rotatable bonds is 18. The smallest absolute Gasteiger partial charge is 0.395 e. The van der Waals surface area contributed by atoms with Gasteiger partial charge in [0.05, 0.1) is 57.3 Å². The summed E-state index contributed by atoms with van der Waals surface area (Å²) >= 11 is 0. The lowest BCUT2D eigenvalue weighted by Gasteiger charge is -2.11. The second-order valence-corrected chi connectivity index (χ2v) is 21.7. The number of anilines is 2. The van der Waals surface area contributed by atoms with Gasteiger partial charge in [-0.05, 0) is 66.7 Å². The molecule has 0 saturated carbocycles. The van der Waals surface area contributed by atoms with Crippen LogP contribution in [0.25, 0.3) is 10.8 Å². The summed E-state index contributed by atoms with van der Waals surface area (Å²) < 4.78 is 188. The van der Waals surface area contributed by atoms with Crippen LogP contribution in [0.15, 0.2) is 135 Å². The van der Waals surface area contributed by atoms with Crippen molar-refractivity contribution < 1.29 is 77.1 Å². The van der Waals surface area contributed by atoms with E-state index < -0.39 is 101 Å². The summed E-state index contributed by atoms with van der Waals surface area (Å²) in [5, 5.41) is 23.3. The van der Waals surface area contributed by atoms with Gasteiger partial charge in [0.2, 0.25) is 0 Å². The minimum atomic E-state index is -5.19. The van der Waals surface area contributed by atoms with E-state index in [0.717, 1.165) is 60.7 Å². The molecule has 5 rings (SSSR count). The van der Waals surface area contributed by atoms with Gasteiger partial charge in [0.25, 0.3) is 20.2 Å². The molecule has 0 spiro atoms. The van der Waals surface area contributed by atoms with Crippen LogP contribution in [0.3, 0.4) is 0 Å². The van der Waals surface area contributed by atoms with Crippen molar-refractivity contribution in [1.82, 2.24) is 0 Å². The molecule has 5 aromatic carbocycles. The molecule has 0 amide bonds. The van der Waals surface area contributed by atoms with Crippen LogP contribution < -0.4 is 11.5 Å². The molecule has 0 bridgehead atoms. The minimum Gasteiger partial charge on any atom is -0.395 e. The summed E-state index contributed by atoms with van der Waals surface area (Å²) in [5.41, 5.74) is 10.5. The van der Waals surface area contributed by atoms with Crippen molar-refractivity contribution in [2.45, 2.75) is 19.6 Å². The molecule has 0 aromatic heterocycles. The number of nitrogen functional groups attached to an aromatic ring is 2. The molecule has 0 unspecified atom stereocenters. The number of nitrogens with two attached hydrogens (primary N) is 2. The summed E-state index contributed by atoms with van der Waals surface area (Å²) in [6.45, 7) is -1.76. The summed E-state index contributed by atoms with van der Waals surface area (Å²) in [7, 11) is -28.1. The Hall–Kier alpha value is -5.78. The zero-order valence-electron chi connectivity index (χ0n) is 31.7. The molecule has 0 fully saturated rings. The second kappa shape index (κ2) is 18.7. The van der Waals surface area contributed by atoms with Gasteiger partial charge in [-0.2, -0.15) is 43.9 Å². The SMILES string of the molecule is Nc1c(N=Nc2ccc(S(=O)(=O)CCOS(=O)(=O)O)cc2)cc(N=Nc2ccc3c(S(=O)(=O)O)cccc3c2S(=O)(=O)O)c(N)c1N=Nc1ccc(S(=O)(=O)CCOS(=O)(=O)O)cc1. The summed E-state index contributed by atoms with van der Waals surface area (Å²) in [6, 6.07) is 15.5. The van der Waals surface area contributed by atoms with E-state index in [0.29, 0.717) is 0 Å². The fourth-order valence-corrected chi connectivity index (χ4v) is 9.82. The first kappa shape index (κ1) is 49.2. The fraction of sp³-hybridized carbons (Fsp3) is 0.125. The van der Waals surface area contributed by atoms with Crippen LogP contribution in [0.4, 0.5) is 45.5 Å². The predicted octanol–water partition coefficient (Wildman–Crippen LogP) is 4.93. The molecule has 32 heteroatoms. The summed E-state index contributed by atoms with van der Waals surface area (Å²) in [4.78, 5) is -2.18. The largest absolute Gasteiger partial charge is 0.397 e. The first-order valence-corrected chi connectivity index (χ1v) is 25.8. The average molecular weight is 1010 g/mol. The van der Waals surface area contributed by atoms with E-state index in [1.54, 1.807) is 0 Å². The lowest BCUT2D eigenvalue weighted by Crippen LogP contribution is -2.15. The standard InChI is InChI=1S/C32H30N8O18S6/c33-29-26(38-35-19-4-8-21(9-5-19)59(41,42)16-14-57-63(51,52)53)18-27(39-37-25-13-12-23-24(32(25)62(48,49)50)2-1-3-28(23)61(45,46)47)30(34)31(29)40-36-20-6-10-22(11-7-20)60(43,44)17-15-58-64(54,55)56/h1-13,18H,14-17,33-34H2,(H,45,46,47)(H,48,49,50)(H,51,52,53)(H,54,55,56). The minimum absolute atomic E-state index is 0.0000444. The number of azo groups is 3. The third-order valence-electron chi connectivity index (χ3n) is 8.19. The van der Waals surface area contributed by atoms with Gasteiger partial charge in [-0.1, -0.05) is 18.2 Å². The fourth-order valence-electron chi connectivity index (χ4n) is 5.31. The first-order chi connectivity index (χ1) is 29.6. The monoisotopic (exact) mass is 1010 g/mol. The first-order valence-electron chi connectivity index (χ1n) is 16.9. The van der Waals surface area contributed by atoms with Crippen LogP contribution in [0.5, 0.6) is 0 Å². The molecular formula is C32H30N8O18S6. The van der Waals surface area contributed by atoms with E-state index in [4.69, 9.17) is 20.6 Å². The van der Waals surface area contributed by atoms with Gasteiger partial charge in [-0.25, -0.2) is 25.2 Å². The second-order valence-electron chi connectivity index (χ2n) is 12.5. The van der Waals surface area contributed by atoms with Gasteiger partial charge in [-0.15, -0.1) is 20.5 Å². The van der Waals surface area contributed by atoms with Crippen LogP contribution in [-0.4, -0.2) is 93.4 Å². The number of hydrogen-bond acceptors (Lipinski definition) is 22. The molecule has 5 aromatic rings. The molecule has 0 aliphatic carbocycles. The molecule has 64 heavy (non-hydrogen) atoms. The van der Waals surface area contributed by atoms with Crippen LogP contribution in [0, 0.1) is 0 Å². The van der Waals surface area contributed by atoms with Crippen molar-refractivity contribution in [3.8, 4) is 0 Å². The van der Waals surface area contributed by atoms with Crippen molar-refractivity contribution in [2.24, 2.45) is 30.7 Å². The number of sulfone groups is 2. The highest BCUT2D eigenvalue weighted by molar-refractivity contribution is 7.91. The maximum Gasteiger partial charge on any atom is 0.397 e. The van der Waals surface area contributed by atoms with Crippen molar-refractivity contribution in [3.05, 3.63) is 84.9 Å². The van der Waals surface area contributed by atoms with Crippen LogP contribution >= 0.6 is 0 Å². The normalized spacial score (nSPS) is 13.4. The highest BCUT2D eigenvalue weighted by atomic mass is 32.3. The quantitative estimate of drug-likeness (QED) is 0.0385. The van der Waals surface area contributed by atoms with Gasteiger partial charge in [0, 0.05) is 10.8 Å². The molecule has 0 aliphatic rings. The summed E-state index contributed by atoms with van der Waals surface area (Å²) in [6.07, 6.45) is 0. The molecule has 26 nitrogen and oxygen atoms in total. The van der Waals surface area contributed by atoms with Crippen LogP contribution in [0.2, 0.25) is 0 Å². The van der Waals surface area contributed by atoms with Crippen molar-refractivity contribution in [1.29, 1.82) is 0 Å². The Morgan fingerprint density at radius 2 is 0.906 bits per heavy atom. The maximum atomic E-state index is 12.6. The third kappa shape index (κ3) is 12.7. The van der Waals surface area contributed by atoms with E-state index in [2.05, 4.69) is 39.1 Å². The highest BCUT2D eigenvalue weighted by Gasteiger charge is 2.25. The van der Waals surface area contributed by atoms with E-state index in [-0.39, 0.29) is 60.4 Å². The molecular weight excluding hydrogens is 977 g/mol. The number of benzene rings is 5. The number of fused-ring (bicyclic) bond motifs is 1. The number of hydrogen-bond donors (Lipinski definition) is 6. The Labute approximate surface area is 363 Å². The molecule has 0 atom stereocenters. The zero-order chi connectivity index (χ0) is 47.5. The van der Waals surface area contributed by atoms with E-state index in [1.165, 1.54) is 24.3 Å². The predicted molar refractivity (Wildman–Crippen MR) is 223 cm³/mol. The van der Waals surface area contributed by atoms with Crippen molar-refractivity contribution >= 4 is 117 Å². The zero-order valence-corrected chi connectivity index (χ0v) is 36.6. The molecule has 0 aliphatic heterocycles. The van der Waals surface area contributed by atoms with Gasteiger partial charge in [0.1, 0.15) is 32.5 Å². The topological polar surface area (TPSA) is 430 Å². The Morgan fingerprint density at radius 1 is 0.469 bits per heavy atom. The van der Waals surface area contributed by atoms with E-state index in [1.807, 2.05) is 0 Å². The molecule has 0 saturated heterocycles. The average Bonchev–Trinajstić information content (AvgIpc) is 3.18. The molecule has 0 radical (unpaired) electrons. The molecule has 342 valence electrons.